The molecule has 0 aliphatic carbocycles. The van der Waals surface area contributed by atoms with Gasteiger partial charge in [-0.15, -0.1) is 0 Å². The maximum atomic E-state index is 13.1. The Hall–Kier alpha value is -3.43. The maximum absolute atomic E-state index is 13.1. The van der Waals surface area contributed by atoms with Crippen molar-refractivity contribution >= 4 is 22.5 Å². The number of carbonyl (C=O) groups is 1. The molecule has 1 aromatic heterocycles. The molecule has 0 aliphatic heterocycles. The summed E-state index contributed by atoms with van der Waals surface area (Å²) in [6.45, 7) is 0.431. The normalized spacial score (nSPS) is 11.4. The molecular weight excluding hydrogens is 392 g/mol. The van der Waals surface area contributed by atoms with Crippen LogP contribution in [0.3, 0.4) is 0 Å². The third kappa shape index (κ3) is 4.71. The van der Waals surface area contributed by atoms with Crippen molar-refractivity contribution in [1.29, 1.82) is 0 Å². The molecule has 0 atom stereocenters. The number of amides is 1. The highest BCUT2D eigenvalue weighted by molar-refractivity contribution is 5.96. The first-order chi connectivity index (χ1) is 13.8. The summed E-state index contributed by atoms with van der Waals surface area (Å²) in [5, 5.41) is 12.8. The second kappa shape index (κ2) is 8.29. The fraction of sp³-hybridized carbons (Fsp3) is 0.211. The van der Waals surface area contributed by atoms with E-state index in [0.29, 0.717) is 35.6 Å². The number of nitrogens with zero attached hydrogens (tertiary/aromatic N) is 1. The van der Waals surface area contributed by atoms with Crippen molar-refractivity contribution in [1.82, 2.24) is 15.5 Å². The highest BCUT2D eigenvalue weighted by Gasteiger charge is 2.35. The maximum Gasteiger partial charge on any atom is 0.417 e. The van der Waals surface area contributed by atoms with E-state index < -0.39 is 29.0 Å². The monoisotopic (exact) mass is 408 g/mol. The van der Waals surface area contributed by atoms with Gasteiger partial charge in [0.25, 0.3) is 11.5 Å². The zero-order valence-corrected chi connectivity index (χ0v) is 14.9. The molecule has 1 heterocycles. The predicted octanol–water partition coefficient (Wildman–Crippen LogP) is 3.31. The van der Waals surface area contributed by atoms with Crippen LogP contribution in [-0.2, 0) is 6.18 Å². The van der Waals surface area contributed by atoms with Crippen LogP contribution in [0.25, 0.3) is 10.8 Å². The zero-order chi connectivity index (χ0) is 21.0. The molecule has 0 radical (unpaired) electrons. The number of benzene rings is 2. The van der Waals surface area contributed by atoms with Crippen LogP contribution in [0.4, 0.5) is 23.4 Å². The van der Waals surface area contributed by atoms with Crippen LogP contribution in [0.2, 0.25) is 0 Å². The Morgan fingerprint density at radius 1 is 1.07 bits per heavy atom. The van der Waals surface area contributed by atoms with E-state index in [4.69, 9.17) is 0 Å². The largest absolute Gasteiger partial charge is 0.417 e. The Labute approximate surface area is 161 Å². The summed E-state index contributed by atoms with van der Waals surface area (Å²) >= 11 is 0. The van der Waals surface area contributed by atoms with E-state index in [-0.39, 0.29) is 12.1 Å². The molecule has 3 rings (SSSR count). The number of halogens is 4. The number of carbonyl (C=O) groups excluding carboxylic acids is 1. The average Bonchev–Trinajstić information content (AvgIpc) is 2.68. The Kier molecular flexibility index (Phi) is 5.81. The fourth-order valence-corrected chi connectivity index (χ4v) is 2.79. The summed E-state index contributed by atoms with van der Waals surface area (Å²) in [7, 11) is 0. The number of hydrogen-bond acceptors (Lipinski definition) is 4. The first kappa shape index (κ1) is 20.3. The predicted molar refractivity (Wildman–Crippen MR) is 99.2 cm³/mol. The van der Waals surface area contributed by atoms with Gasteiger partial charge in [-0.3, -0.25) is 9.59 Å². The minimum absolute atomic E-state index is 0.0851. The van der Waals surface area contributed by atoms with Gasteiger partial charge in [0, 0.05) is 18.5 Å². The number of rotatable bonds is 6. The molecule has 0 bridgehead atoms. The van der Waals surface area contributed by atoms with E-state index in [1.54, 1.807) is 24.3 Å². The molecule has 6 nitrogen and oxygen atoms in total. The summed E-state index contributed by atoms with van der Waals surface area (Å²) in [5.41, 5.74) is -2.28. The van der Waals surface area contributed by atoms with Crippen molar-refractivity contribution in [3.05, 3.63) is 69.8 Å². The smallest absolute Gasteiger partial charge is 0.368 e. The molecule has 0 unspecified atom stereocenters. The number of hydrogen-bond donors (Lipinski definition) is 3. The zero-order valence-electron chi connectivity index (χ0n) is 14.9. The topological polar surface area (TPSA) is 86.9 Å². The van der Waals surface area contributed by atoms with Crippen molar-refractivity contribution < 1.29 is 22.4 Å². The first-order valence-electron chi connectivity index (χ1n) is 8.63. The van der Waals surface area contributed by atoms with Gasteiger partial charge in [-0.1, -0.05) is 18.2 Å². The lowest BCUT2D eigenvalue weighted by Gasteiger charge is -2.13. The number of aromatic nitrogens is 2. The van der Waals surface area contributed by atoms with Crippen molar-refractivity contribution in [2.24, 2.45) is 0 Å². The van der Waals surface area contributed by atoms with Gasteiger partial charge in [0.2, 0.25) is 0 Å². The molecular formula is C19H16F4N4O2. The van der Waals surface area contributed by atoms with Gasteiger partial charge >= 0.3 is 6.18 Å². The Balaban J connectivity index is 1.58. The van der Waals surface area contributed by atoms with Crippen molar-refractivity contribution in [2.45, 2.75) is 12.6 Å². The minimum Gasteiger partial charge on any atom is -0.368 e. The number of H-pyrrole nitrogens is 1. The molecule has 29 heavy (non-hydrogen) atoms. The lowest BCUT2D eigenvalue weighted by Crippen LogP contribution is -2.28. The molecule has 0 fully saturated rings. The third-order valence-electron chi connectivity index (χ3n) is 4.16. The van der Waals surface area contributed by atoms with Crippen molar-refractivity contribution in [3.63, 3.8) is 0 Å². The first-order valence-corrected chi connectivity index (χ1v) is 8.63. The molecule has 0 saturated carbocycles. The van der Waals surface area contributed by atoms with E-state index >= 15 is 0 Å². The summed E-state index contributed by atoms with van der Waals surface area (Å²) in [6, 6.07) is 8.78. The van der Waals surface area contributed by atoms with Crippen molar-refractivity contribution in [2.75, 3.05) is 18.4 Å². The van der Waals surface area contributed by atoms with E-state index in [0.717, 1.165) is 12.1 Å². The lowest BCUT2D eigenvalue weighted by atomic mass is 10.1. The van der Waals surface area contributed by atoms with Crippen LogP contribution in [0.5, 0.6) is 0 Å². The van der Waals surface area contributed by atoms with Crippen LogP contribution >= 0.6 is 0 Å². The molecule has 0 saturated heterocycles. The van der Waals surface area contributed by atoms with Gasteiger partial charge in [0.05, 0.1) is 16.5 Å². The quantitative estimate of drug-likeness (QED) is 0.432. The van der Waals surface area contributed by atoms with Gasteiger partial charge < -0.3 is 10.6 Å². The third-order valence-corrected chi connectivity index (χ3v) is 4.16. The van der Waals surface area contributed by atoms with Crippen LogP contribution in [0, 0.1) is 5.82 Å². The number of nitrogens with one attached hydrogen (secondary N) is 3. The summed E-state index contributed by atoms with van der Waals surface area (Å²) in [6.07, 6.45) is -4.46. The van der Waals surface area contributed by atoms with Crippen LogP contribution in [0.15, 0.2) is 47.3 Å². The SMILES string of the molecule is O=C(NCCCNc1n[nH]c(=O)c2ccccc12)c1ccc(F)cc1C(F)(F)F. The second-order valence-electron chi connectivity index (χ2n) is 6.17. The van der Waals surface area contributed by atoms with Gasteiger partial charge in [-0.25, -0.2) is 9.49 Å². The Bertz CT molecular complexity index is 1100. The molecule has 152 valence electrons. The molecule has 0 spiro atoms. The summed E-state index contributed by atoms with van der Waals surface area (Å²) in [5.74, 6) is -1.56. The van der Waals surface area contributed by atoms with E-state index in [1.165, 1.54) is 0 Å². The van der Waals surface area contributed by atoms with Crippen LogP contribution in [0.1, 0.15) is 22.3 Å². The molecule has 3 N–H and O–H groups in total. The Morgan fingerprint density at radius 2 is 1.79 bits per heavy atom. The standard InChI is InChI=1S/C19H16F4N4O2/c20-11-6-7-14(15(10-11)19(21,22)23)17(28)25-9-3-8-24-16-12-4-1-2-5-13(12)18(29)27-26-16/h1-2,4-7,10H,3,8-9H2,(H,24,26)(H,25,28)(H,27,29). The number of aromatic amines is 1. The van der Waals surface area contributed by atoms with Gasteiger partial charge in [-0.05, 0) is 30.7 Å². The van der Waals surface area contributed by atoms with Crippen LogP contribution < -0.4 is 16.2 Å². The lowest BCUT2D eigenvalue weighted by molar-refractivity contribution is -0.138. The molecule has 1 amide bonds. The number of alkyl halides is 3. The van der Waals surface area contributed by atoms with Crippen molar-refractivity contribution in [3.8, 4) is 0 Å². The molecule has 0 aliphatic rings. The summed E-state index contributed by atoms with van der Waals surface area (Å²) in [4.78, 5) is 23.8. The number of anilines is 1. The second-order valence-corrected chi connectivity index (χ2v) is 6.17. The molecule has 10 heteroatoms. The highest BCUT2D eigenvalue weighted by atomic mass is 19.4. The average molecular weight is 408 g/mol. The number of fused-ring (bicyclic) bond motifs is 1. The molecule has 2 aromatic carbocycles. The van der Waals surface area contributed by atoms with Crippen LogP contribution in [-0.4, -0.2) is 29.2 Å². The fourth-order valence-electron chi connectivity index (χ4n) is 2.79. The Morgan fingerprint density at radius 3 is 2.52 bits per heavy atom. The van der Waals surface area contributed by atoms with Gasteiger partial charge in [0.15, 0.2) is 5.82 Å². The highest BCUT2D eigenvalue weighted by Crippen LogP contribution is 2.32. The minimum atomic E-state index is -4.84. The van der Waals surface area contributed by atoms with E-state index in [2.05, 4.69) is 20.8 Å². The van der Waals surface area contributed by atoms with Gasteiger partial charge in [-0.2, -0.15) is 18.3 Å². The summed E-state index contributed by atoms with van der Waals surface area (Å²) < 4.78 is 52.1. The van der Waals surface area contributed by atoms with E-state index in [9.17, 15) is 27.2 Å². The van der Waals surface area contributed by atoms with E-state index in [1.807, 2.05) is 0 Å². The molecule has 3 aromatic rings. The van der Waals surface area contributed by atoms with Gasteiger partial charge in [0.1, 0.15) is 5.82 Å².